The second-order valence-corrected chi connectivity index (χ2v) is 5.61. The Hall–Kier alpha value is -1.44. The van der Waals surface area contributed by atoms with Crippen LogP contribution in [0.3, 0.4) is 0 Å². The van der Waals surface area contributed by atoms with Crippen molar-refractivity contribution in [3.8, 4) is 0 Å². The van der Waals surface area contributed by atoms with E-state index in [0.29, 0.717) is 18.3 Å². The minimum Gasteiger partial charge on any atom is -0.481 e. The fraction of sp³-hybridized carbons (Fsp3) is 0.700. The first-order valence-electron chi connectivity index (χ1n) is 5.51. The van der Waals surface area contributed by atoms with Crippen molar-refractivity contribution < 1.29 is 24.6 Å². The van der Waals surface area contributed by atoms with Gasteiger partial charge in [-0.15, -0.1) is 0 Å². The van der Waals surface area contributed by atoms with Crippen LogP contribution in [0.25, 0.3) is 0 Å². The highest BCUT2D eigenvalue weighted by atomic mass is 32.2. The number of amides is 2. The van der Waals surface area contributed by atoms with E-state index < -0.39 is 30.4 Å². The van der Waals surface area contributed by atoms with E-state index >= 15 is 0 Å². The first-order chi connectivity index (χ1) is 8.40. The number of carboxylic acid groups (broad SMARTS) is 2. The molecule has 1 rings (SSSR count). The van der Waals surface area contributed by atoms with E-state index in [4.69, 9.17) is 10.2 Å². The second-order valence-electron chi connectivity index (χ2n) is 4.07. The Kier molecular flexibility index (Phi) is 5.26. The highest BCUT2D eigenvalue weighted by molar-refractivity contribution is 7.99. The molecule has 1 aliphatic rings. The Morgan fingerprint density at radius 2 is 2.11 bits per heavy atom. The maximum Gasteiger partial charge on any atom is 0.326 e. The Balaban J connectivity index is 2.54. The monoisotopic (exact) mass is 276 g/mol. The van der Waals surface area contributed by atoms with Gasteiger partial charge >= 0.3 is 18.0 Å². The van der Waals surface area contributed by atoms with Crippen LogP contribution in [-0.4, -0.2) is 63.2 Å². The minimum atomic E-state index is -1.39. The molecule has 1 fully saturated rings. The molecule has 0 spiro atoms. The minimum absolute atomic E-state index is 0.298. The third kappa shape index (κ3) is 4.44. The van der Waals surface area contributed by atoms with Crippen LogP contribution in [0.15, 0.2) is 0 Å². The summed E-state index contributed by atoms with van der Waals surface area (Å²) in [6, 6.07) is -1.91. The van der Waals surface area contributed by atoms with Gasteiger partial charge in [-0.05, 0) is 0 Å². The molecule has 1 unspecified atom stereocenters. The van der Waals surface area contributed by atoms with Crippen molar-refractivity contribution in [2.75, 3.05) is 18.8 Å². The first kappa shape index (κ1) is 14.6. The van der Waals surface area contributed by atoms with Crippen molar-refractivity contribution in [2.24, 2.45) is 0 Å². The van der Waals surface area contributed by atoms with Crippen molar-refractivity contribution in [1.82, 2.24) is 10.2 Å². The normalized spacial score (nSPS) is 21.2. The topological polar surface area (TPSA) is 107 Å². The molecule has 2 amide bonds. The van der Waals surface area contributed by atoms with E-state index in [1.54, 1.807) is 11.8 Å². The number of carbonyl (C=O) groups is 3. The van der Waals surface area contributed by atoms with Crippen LogP contribution >= 0.6 is 11.8 Å². The Labute approximate surface area is 109 Å². The average Bonchev–Trinajstić information content (AvgIpc) is 2.27. The summed E-state index contributed by atoms with van der Waals surface area (Å²) in [4.78, 5) is 34.6. The second kappa shape index (κ2) is 6.48. The van der Waals surface area contributed by atoms with Gasteiger partial charge in [0, 0.05) is 24.1 Å². The summed E-state index contributed by atoms with van der Waals surface area (Å²) in [6.07, 6.45) is -0.626. The number of thioether (sulfide) groups is 1. The van der Waals surface area contributed by atoms with Gasteiger partial charge in [-0.2, -0.15) is 11.8 Å². The van der Waals surface area contributed by atoms with E-state index in [1.807, 2.05) is 6.92 Å². The SMILES string of the molecule is CC1CN(C(=O)N[C@@H](CC(=O)O)C(=O)O)CCS1. The zero-order valence-corrected chi connectivity index (χ0v) is 10.8. The van der Waals surface area contributed by atoms with Crippen molar-refractivity contribution >= 4 is 29.7 Å². The summed E-state index contributed by atoms with van der Waals surface area (Å²) in [6.45, 7) is 3.06. The van der Waals surface area contributed by atoms with Crippen molar-refractivity contribution in [3.63, 3.8) is 0 Å². The number of hydrogen-bond acceptors (Lipinski definition) is 4. The Morgan fingerprint density at radius 1 is 1.44 bits per heavy atom. The summed E-state index contributed by atoms with van der Waals surface area (Å²) in [7, 11) is 0. The lowest BCUT2D eigenvalue weighted by Crippen LogP contribution is -2.51. The van der Waals surface area contributed by atoms with Crippen molar-refractivity contribution in [3.05, 3.63) is 0 Å². The van der Waals surface area contributed by atoms with E-state index in [9.17, 15) is 14.4 Å². The maximum absolute atomic E-state index is 11.8. The number of carboxylic acids is 2. The highest BCUT2D eigenvalue weighted by Gasteiger charge is 2.27. The number of nitrogens with one attached hydrogen (secondary N) is 1. The molecular weight excluding hydrogens is 260 g/mol. The lowest BCUT2D eigenvalue weighted by Gasteiger charge is -2.31. The summed E-state index contributed by atoms with van der Waals surface area (Å²) in [5.74, 6) is -1.80. The molecule has 0 aromatic carbocycles. The molecule has 3 N–H and O–H groups in total. The number of aliphatic carboxylic acids is 2. The Morgan fingerprint density at radius 3 is 2.61 bits per heavy atom. The lowest BCUT2D eigenvalue weighted by atomic mass is 10.2. The zero-order valence-electron chi connectivity index (χ0n) is 9.96. The van der Waals surface area contributed by atoms with Gasteiger partial charge in [0.15, 0.2) is 0 Å². The quantitative estimate of drug-likeness (QED) is 0.670. The largest absolute Gasteiger partial charge is 0.481 e. The molecule has 18 heavy (non-hydrogen) atoms. The lowest BCUT2D eigenvalue weighted by molar-refractivity contribution is -0.145. The predicted octanol–water partition coefficient (Wildman–Crippen LogP) is 0.0612. The van der Waals surface area contributed by atoms with Crippen molar-refractivity contribution in [1.29, 1.82) is 0 Å². The predicted molar refractivity (Wildman–Crippen MR) is 65.7 cm³/mol. The van der Waals surface area contributed by atoms with E-state index in [1.165, 1.54) is 4.90 Å². The maximum atomic E-state index is 11.8. The number of urea groups is 1. The molecule has 1 aliphatic heterocycles. The molecule has 102 valence electrons. The van der Waals surface area contributed by atoms with Gasteiger partial charge in [-0.3, -0.25) is 4.79 Å². The molecule has 8 heteroatoms. The van der Waals surface area contributed by atoms with E-state index in [2.05, 4.69) is 5.32 Å². The Bertz CT molecular complexity index is 349. The molecule has 0 saturated carbocycles. The zero-order chi connectivity index (χ0) is 13.7. The fourth-order valence-corrected chi connectivity index (χ4v) is 2.63. The standard InChI is InChI=1S/C10H16N2O5S/c1-6-5-12(2-3-18-6)10(17)11-7(9(15)16)4-8(13)14/h6-7H,2-5H2,1H3,(H,11,17)(H,13,14)(H,15,16)/t6?,7-/m0/s1. The van der Waals surface area contributed by atoms with Crippen LogP contribution < -0.4 is 5.32 Å². The third-order valence-corrected chi connectivity index (χ3v) is 3.64. The van der Waals surface area contributed by atoms with Gasteiger partial charge in [0.05, 0.1) is 6.42 Å². The molecule has 7 nitrogen and oxygen atoms in total. The van der Waals surface area contributed by atoms with Crippen molar-refractivity contribution in [2.45, 2.75) is 24.6 Å². The molecule has 0 aliphatic carbocycles. The average molecular weight is 276 g/mol. The third-order valence-electron chi connectivity index (χ3n) is 2.50. The van der Waals surface area contributed by atoms with Crippen LogP contribution in [0.5, 0.6) is 0 Å². The van der Waals surface area contributed by atoms with Gasteiger partial charge in [-0.25, -0.2) is 9.59 Å². The molecule has 1 heterocycles. The van der Waals surface area contributed by atoms with Gasteiger partial charge in [0.1, 0.15) is 6.04 Å². The molecule has 0 aromatic heterocycles. The van der Waals surface area contributed by atoms with Crippen LogP contribution in [0.2, 0.25) is 0 Å². The van der Waals surface area contributed by atoms with Gasteiger partial charge in [-0.1, -0.05) is 6.92 Å². The molecule has 1 saturated heterocycles. The fourth-order valence-electron chi connectivity index (χ4n) is 1.62. The summed E-state index contributed by atoms with van der Waals surface area (Å²) in [5.41, 5.74) is 0. The first-order valence-corrected chi connectivity index (χ1v) is 6.56. The number of carbonyl (C=O) groups excluding carboxylic acids is 1. The number of hydrogen-bond donors (Lipinski definition) is 3. The summed E-state index contributed by atoms with van der Waals surface area (Å²) in [5, 5.41) is 19.9. The summed E-state index contributed by atoms with van der Waals surface area (Å²) >= 11 is 1.74. The highest BCUT2D eigenvalue weighted by Crippen LogP contribution is 2.17. The number of nitrogens with zero attached hydrogens (tertiary/aromatic N) is 1. The van der Waals surface area contributed by atoms with Crippen LogP contribution in [0.1, 0.15) is 13.3 Å². The smallest absolute Gasteiger partial charge is 0.326 e. The van der Waals surface area contributed by atoms with Gasteiger partial charge in [0.25, 0.3) is 0 Å². The molecule has 0 radical (unpaired) electrons. The van der Waals surface area contributed by atoms with Gasteiger partial charge in [0.2, 0.25) is 0 Å². The molecular formula is C10H16N2O5S. The van der Waals surface area contributed by atoms with Crippen LogP contribution in [0, 0.1) is 0 Å². The molecule has 0 aromatic rings. The van der Waals surface area contributed by atoms with Gasteiger partial charge < -0.3 is 20.4 Å². The molecule has 0 bridgehead atoms. The molecule has 2 atom stereocenters. The van der Waals surface area contributed by atoms with Crippen LogP contribution in [0.4, 0.5) is 4.79 Å². The number of rotatable bonds is 4. The summed E-state index contributed by atoms with van der Waals surface area (Å²) < 4.78 is 0. The van der Waals surface area contributed by atoms with E-state index in [-0.39, 0.29) is 0 Å². The van der Waals surface area contributed by atoms with E-state index in [0.717, 1.165) is 5.75 Å². The van der Waals surface area contributed by atoms with Crippen LogP contribution in [-0.2, 0) is 9.59 Å².